The number of rotatable bonds is 6. The largest absolute Gasteiger partial charge is 0.350 e. The SMILES string of the molecule is CC(NC(=O)CCC1CCNC1)c1ccc(-c2ccncc2)cc1.Cl.Cl. The highest BCUT2D eigenvalue weighted by Gasteiger charge is 2.16. The van der Waals surface area contributed by atoms with Crippen molar-refractivity contribution >= 4 is 30.7 Å². The second-order valence-corrected chi connectivity index (χ2v) is 6.54. The lowest BCUT2D eigenvalue weighted by atomic mass is 10.0. The molecule has 1 aromatic heterocycles. The number of aromatic nitrogens is 1. The van der Waals surface area contributed by atoms with Crippen LogP contribution in [0.25, 0.3) is 11.1 Å². The van der Waals surface area contributed by atoms with Gasteiger partial charge in [0.05, 0.1) is 6.04 Å². The van der Waals surface area contributed by atoms with Crippen LogP contribution in [0.5, 0.6) is 0 Å². The molecule has 26 heavy (non-hydrogen) atoms. The van der Waals surface area contributed by atoms with E-state index in [1.165, 1.54) is 6.42 Å². The van der Waals surface area contributed by atoms with Crippen LogP contribution in [0.3, 0.4) is 0 Å². The molecule has 2 atom stereocenters. The fraction of sp³-hybridized carbons (Fsp3) is 0.400. The molecule has 3 rings (SSSR count). The van der Waals surface area contributed by atoms with Crippen LogP contribution in [0.4, 0.5) is 0 Å². The maximum absolute atomic E-state index is 12.1. The molecule has 0 aliphatic carbocycles. The first-order valence-electron chi connectivity index (χ1n) is 8.73. The summed E-state index contributed by atoms with van der Waals surface area (Å²) >= 11 is 0. The summed E-state index contributed by atoms with van der Waals surface area (Å²) in [6.45, 7) is 4.18. The third-order valence-corrected chi connectivity index (χ3v) is 4.74. The molecule has 0 bridgehead atoms. The van der Waals surface area contributed by atoms with Gasteiger partial charge in [0, 0.05) is 18.8 Å². The predicted octanol–water partition coefficient (Wildman–Crippen LogP) is 4.16. The highest BCUT2D eigenvalue weighted by molar-refractivity contribution is 5.85. The van der Waals surface area contributed by atoms with Crippen molar-refractivity contribution in [1.82, 2.24) is 15.6 Å². The molecule has 2 heterocycles. The number of halogens is 2. The van der Waals surface area contributed by atoms with Crippen LogP contribution in [0.2, 0.25) is 0 Å². The first-order valence-corrected chi connectivity index (χ1v) is 8.73. The van der Waals surface area contributed by atoms with Gasteiger partial charge in [-0.05, 0) is 67.6 Å². The van der Waals surface area contributed by atoms with Crippen molar-refractivity contribution in [3.05, 3.63) is 54.4 Å². The molecule has 2 unspecified atom stereocenters. The van der Waals surface area contributed by atoms with Crippen LogP contribution in [0.1, 0.15) is 37.8 Å². The molecule has 1 amide bonds. The fourth-order valence-electron chi connectivity index (χ4n) is 3.20. The summed E-state index contributed by atoms with van der Waals surface area (Å²) < 4.78 is 0. The van der Waals surface area contributed by atoms with Gasteiger partial charge in [0.1, 0.15) is 0 Å². The van der Waals surface area contributed by atoms with E-state index in [-0.39, 0.29) is 36.8 Å². The Hall–Kier alpha value is -1.62. The topological polar surface area (TPSA) is 54.0 Å². The molecular formula is C20H27Cl2N3O. The van der Waals surface area contributed by atoms with E-state index in [1.54, 1.807) is 12.4 Å². The van der Waals surface area contributed by atoms with E-state index in [1.807, 2.05) is 19.1 Å². The Morgan fingerprint density at radius 3 is 2.42 bits per heavy atom. The Bertz CT molecular complexity index is 659. The number of carbonyl (C=O) groups is 1. The predicted molar refractivity (Wildman–Crippen MR) is 111 cm³/mol. The van der Waals surface area contributed by atoms with Gasteiger partial charge in [-0.3, -0.25) is 9.78 Å². The summed E-state index contributed by atoms with van der Waals surface area (Å²) in [5.41, 5.74) is 3.44. The van der Waals surface area contributed by atoms with Gasteiger partial charge in [0.25, 0.3) is 0 Å². The number of hydrogen-bond acceptors (Lipinski definition) is 3. The van der Waals surface area contributed by atoms with Crippen molar-refractivity contribution in [3.63, 3.8) is 0 Å². The average Bonchev–Trinajstić information content (AvgIpc) is 3.14. The zero-order chi connectivity index (χ0) is 16.8. The van der Waals surface area contributed by atoms with E-state index in [0.717, 1.165) is 36.2 Å². The molecule has 6 heteroatoms. The lowest BCUT2D eigenvalue weighted by Gasteiger charge is -2.16. The summed E-state index contributed by atoms with van der Waals surface area (Å²) in [6.07, 6.45) is 6.38. The summed E-state index contributed by atoms with van der Waals surface area (Å²) in [4.78, 5) is 16.2. The number of carbonyl (C=O) groups excluding carboxylic acids is 1. The van der Waals surface area contributed by atoms with E-state index in [4.69, 9.17) is 0 Å². The zero-order valence-corrected chi connectivity index (χ0v) is 16.6. The van der Waals surface area contributed by atoms with Crippen molar-refractivity contribution < 1.29 is 4.79 Å². The molecule has 1 saturated heterocycles. The number of amides is 1. The number of nitrogens with zero attached hydrogens (tertiary/aromatic N) is 1. The molecular weight excluding hydrogens is 369 g/mol. The number of hydrogen-bond donors (Lipinski definition) is 2. The second kappa shape index (κ2) is 11.2. The average molecular weight is 396 g/mol. The van der Waals surface area contributed by atoms with E-state index in [0.29, 0.717) is 12.3 Å². The Balaban J connectivity index is 0.00000169. The van der Waals surface area contributed by atoms with Crippen LogP contribution in [-0.4, -0.2) is 24.0 Å². The minimum atomic E-state index is 0. The molecule has 1 aliphatic rings. The minimum absolute atomic E-state index is 0. The lowest BCUT2D eigenvalue weighted by Crippen LogP contribution is -2.27. The molecule has 2 aromatic rings. The van der Waals surface area contributed by atoms with Crippen LogP contribution in [0.15, 0.2) is 48.8 Å². The molecule has 1 aliphatic heterocycles. The molecule has 1 aromatic carbocycles. The Morgan fingerprint density at radius 2 is 1.81 bits per heavy atom. The quantitative estimate of drug-likeness (QED) is 0.771. The maximum Gasteiger partial charge on any atom is 0.220 e. The summed E-state index contributed by atoms with van der Waals surface area (Å²) in [5, 5.41) is 6.46. The second-order valence-electron chi connectivity index (χ2n) is 6.54. The summed E-state index contributed by atoms with van der Waals surface area (Å²) in [5.74, 6) is 0.804. The third-order valence-electron chi connectivity index (χ3n) is 4.74. The zero-order valence-electron chi connectivity index (χ0n) is 15.0. The molecule has 2 N–H and O–H groups in total. The van der Waals surface area contributed by atoms with Gasteiger partial charge in [-0.15, -0.1) is 24.8 Å². The van der Waals surface area contributed by atoms with Crippen LogP contribution in [0, 0.1) is 5.92 Å². The lowest BCUT2D eigenvalue weighted by molar-refractivity contribution is -0.122. The van der Waals surface area contributed by atoms with Crippen LogP contribution >= 0.6 is 24.8 Å². The first-order chi connectivity index (χ1) is 11.7. The van der Waals surface area contributed by atoms with Crippen LogP contribution < -0.4 is 10.6 Å². The van der Waals surface area contributed by atoms with Gasteiger partial charge >= 0.3 is 0 Å². The van der Waals surface area contributed by atoms with Crippen LogP contribution in [-0.2, 0) is 4.79 Å². The molecule has 0 saturated carbocycles. The standard InChI is InChI=1S/C20H25N3O.2ClH/c1-15(23-20(24)7-2-16-8-11-22-14-16)17-3-5-18(6-4-17)19-9-12-21-13-10-19;;/h3-6,9-10,12-13,15-16,22H,2,7-8,11,14H2,1H3,(H,23,24);2*1H. The van der Waals surface area contributed by atoms with Gasteiger partial charge < -0.3 is 10.6 Å². The molecule has 142 valence electrons. The Kier molecular flexibility index (Phi) is 9.63. The molecule has 1 fully saturated rings. The van der Waals surface area contributed by atoms with Gasteiger partial charge in [-0.2, -0.15) is 0 Å². The first kappa shape index (κ1) is 22.4. The van der Waals surface area contributed by atoms with Crippen molar-refractivity contribution in [2.45, 2.75) is 32.2 Å². The number of pyridine rings is 1. The van der Waals surface area contributed by atoms with Crippen molar-refractivity contribution in [1.29, 1.82) is 0 Å². The van der Waals surface area contributed by atoms with E-state index < -0.39 is 0 Å². The highest BCUT2D eigenvalue weighted by Crippen LogP contribution is 2.21. The number of benzene rings is 1. The van der Waals surface area contributed by atoms with Crippen molar-refractivity contribution in [2.75, 3.05) is 13.1 Å². The number of nitrogens with one attached hydrogen (secondary N) is 2. The minimum Gasteiger partial charge on any atom is -0.350 e. The molecule has 4 nitrogen and oxygen atoms in total. The third kappa shape index (κ3) is 6.27. The summed E-state index contributed by atoms with van der Waals surface area (Å²) in [6, 6.07) is 12.4. The fourth-order valence-corrected chi connectivity index (χ4v) is 3.20. The van der Waals surface area contributed by atoms with Crippen molar-refractivity contribution in [2.24, 2.45) is 5.92 Å². The normalized spacial score (nSPS) is 16.9. The van der Waals surface area contributed by atoms with Crippen molar-refractivity contribution in [3.8, 4) is 11.1 Å². The monoisotopic (exact) mass is 395 g/mol. The van der Waals surface area contributed by atoms with Gasteiger partial charge in [-0.1, -0.05) is 24.3 Å². The smallest absolute Gasteiger partial charge is 0.220 e. The Labute approximate surface area is 168 Å². The van der Waals surface area contributed by atoms with E-state index in [2.05, 4.69) is 39.9 Å². The highest BCUT2D eigenvalue weighted by atomic mass is 35.5. The van der Waals surface area contributed by atoms with E-state index >= 15 is 0 Å². The summed E-state index contributed by atoms with van der Waals surface area (Å²) in [7, 11) is 0. The van der Waals surface area contributed by atoms with E-state index in [9.17, 15) is 4.79 Å². The van der Waals surface area contributed by atoms with Gasteiger partial charge in [0.15, 0.2) is 0 Å². The van der Waals surface area contributed by atoms with Gasteiger partial charge in [-0.25, -0.2) is 0 Å². The molecule has 0 spiro atoms. The Morgan fingerprint density at radius 1 is 1.15 bits per heavy atom. The molecule has 0 radical (unpaired) electrons. The van der Waals surface area contributed by atoms with Gasteiger partial charge in [0.2, 0.25) is 5.91 Å². The maximum atomic E-state index is 12.1.